The molecule has 0 unspecified atom stereocenters. The summed E-state index contributed by atoms with van der Waals surface area (Å²) in [4.78, 5) is 3.14. The van der Waals surface area contributed by atoms with Crippen molar-refractivity contribution in [1.29, 1.82) is 5.26 Å². The summed E-state index contributed by atoms with van der Waals surface area (Å²) in [6.07, 6.45) is 1.84. The smallest absolute Gasteiger partial charge is 0.190 e. The molecule has 0 spiro atoms. The highest BCUT2D eigenvalue weighted by molar-refractivity contribution is 5.95. The van der Waals surface area contributed by atoms with Crippen molar-refractivity contribution >= 4 is 10.9 Å². The summed E-state index contributed by atoms with van der Waals surface area (Å²) in [5, 5.41) is 20.2. The lowest BCUT2D eigenvalue weighted by Crippen LogP contribution is -1.80. The Bertz CT molecular complexity index is 686. The Hall–Kier alpha value is -2.61. The average Bonchev–Trinajstić information content (AvgIpc) is 2.94. The van der Waals surface area contributed by atoms with Crippen LogP contribution in [-0.4, -0.2) is 20.4 Å². The van der Waals surface area contributed by atoms with Crippen molar-refractivity contribution in [3.63, 3.8) is 0 Å². The number of hydrogen-bond donors (Lipinski definition) is 2. The van der Waals surface area contributed by atoms with Gasteiger partial charge in [-0.1, -0.05) is 18.2 Å². The third kappa shape index (κ3) is 1.10. The molecule has 76 valence electrons. The number of aromatic nitrogens is 4. The second kappa shape index (κ2) is 3.21. The Kier molecular flexibility index (Phi) is 1.74. The first kappa shape index (κ1) is 8.68. The normalized spacial score (nSPS) is 10.4. The number of para-hydroxylation sites is 1. The molecule has 2 aromatic heterocycles. The van der Waals surface area contributed by atoms with Crippen LogP contribution in [0.1, 0.15) is 5.69 Å². The zero-order chi connectivity index (χ0) is 11.0. The van der Waals surface area contributed by atoms with Crippen LogP contribution < -0.4 is 0 Å². The molecule has 0 aliphatic rings. The highest BCUT2D eigenvalue weighted by atomic mass is 15.3. The van der Waals surface area contributed by atoms with Gasteiger partial charge in [0.1, 0.15) is 11.8 Å². The fraction of sp³-hybridized carbons (Fsp3) is 0. The molecule has 3 aromatic rings. The van der Waals surface area contributed by atoms with Gasteiger partial charge in [0, 0.05) is 22.7 Å². The van der Waals surface area contributed by atoms with Crippen LogP contribution in [0, 0.1) is 11.3 Å². The number of benzene rings is 1. The van der Waals surface area contributed by atoms with Gasteiger partial charge in [0.25, 0.3) is 0 Å². The van der Waals surface area contributed by atoms with Crippen molar-refractivity contribution in [3.8, 4) is 17.3 Å². The summed E-state index contributed by atoms with van der Waals surface area (Å²) >= 11 is 0. The molecule has 0 atom stereocenters. The van der Waals surface area contributed by atoms with Crippen LogP contribution in [0.2, 0.25) is 0 Å². The second-order valence-electron chi connectivity index (χ2n) is 3.38. The zero-order valence-corrected chi connectivity index (χ0v) is 8.23. The minimum absolute atomic E-state index is 0.310. The highest BCUT2D eigenvalue weighted by Gasteiger charge is 2.13. The van der Waals surface area contributed by atoms with Gasteiger partial charge in [-0.2, -0.15) is 15.6 Å². The molecule has 0 saturated heterocycles. The first-order valence-corrected chi connectivity index (χ1v) is 4.77. The third-order valence-electron chi connectivity index (χ3n) is 2.50. The van der Waals surface area contributed by atoms with E-state index in [0.29, 0.717) is 11.4 Å². The molecule has 0 aliphatic carbocycles. The maximum Gasteiger partial charge on any atom is 0.190 e. The van der Waals surface area contributed by atoms with Crippen molar-refractivity contribution in [1.82, 2.24) is 20.4 Å². The van der Waals surface area contributed by atoms with Gasteiger partial charge in [-0.25, -0.2) is 0 Å². The number of rotatable bonds is 1. The van der Waals surface area contributed by atoms with Crippen molar-refractivity contribution in [2.24, 2.45) is 0 Å². The topological polar surface area (TPSA) is 81.2 Å². The SMILES string of the molecule is N#Cc1n[nH]nc1-c1c[nH]c2ccccc12. The molecule has 0 aliphatic heterocycles. The number of nitriles is 1. The van der Waals surface area contributed by atoms with Gasteiger partial charge in [-0.05, 0) is 6.07 Å². The van der Waals surface area contributed by atoms with Crippen molar-refractivity contribution in [2.75, 3.05) is 0 Å². The maximum atomic E-state index is 8.90. The summed E-state index contributed by atoms with van der Waals surface area (Å²) < 4.78 is 0. The number of nitrogens with one attached hydrogen (secondary N) is 2. The van der Waals surface area contributed by atoms with Gasteiger partial charge in [0.15, 0.2) is 5.69 Å². The number of nitrogens with zero attached hydrogens (tertiary/aromatic N) is 3. The summed E-state index contributed by atoms with van der Waals surface area (Å²) in [6, 6.07) is 9.88. The number of hydrogen-bond acceptors (Lipinski definition) is 3. The minimum Gasteiger partial charge on any atom is -0.360 e. The Morgan fingerprint density at radius 1 is 1.19 bits per heavy atom. The maximum absolute atomic E-state index is 8.90. The van der Waals surface area contributed by atoms with Crippen molar-refractivity contribution in [3.05, 3.63) is 36.2 Å². The van der Waals surface area contributed by atoms with E-state index < -0.39 is 0 Å². The van der Waals surface area contributed by atoms with Gasteiger partial charge in [-0.15, -0.1) is 5.10 Å². The molecule has 0 fully saturated rings. The molecular formula is C11H7N5. The van der Waals surface area contributed by atoms with Crippen molar-refractivity contribution < 1.29 is 0 Å². The molecule has 2 heterocycles. The summed E-state index contributed by atoms with van der Waals surface area (Å²) in [5.74, 6) is 0. The monoisotopic (exact) mass is 209 g/mol. The van der Waals surface area contributed by atoms with E-state index in [1.165, 1.54) is 0 Å². The van der Waals surface area contributed by atoms with Gasteiger partial charge in [-0.3, -0.25) is 0 Å². The van der Waals surface area contributed by atoms with E-state index >= 15 is 0 Å². The fourth-order valence-electron chi connectivity index (χ4n) is 1.76. The lowest BCUT2D eigenvalue weighted by atomic mass is 10.1. The van der Waals surface area contributed by atoms with Gasteiger partial charge >= 0.3 is 0 Å². The lowest BCUT2D eigenvalue weighted by molar-refractivity contribution is 0.937. The fourth-order valence-corrected chi connectivity index (χ4v) is 1.76. The van der Waals surface area contributed by atoms with Crippen LogP contribution in [-0.2, 0) is 0 Å². The van der Waals surface area contributed by atoms with Crippen LogP contribution >= 0.6 is 0 Å². The van der Waals surface area contributed by atoms with Gasteiger partial charge in [0.05, 0.1) is 0 Å². The molecule has 5 heteroatoms. The molecule has 0 bridgehead atoms. The molecule has 1 aromatic carbocycles. The van der Waals surface area contributed by atoms with E-state index in [2.05, 4.69) is 20.4 Å². The van der Waals surface area contributed by atoms with Gasteiger partial charge < -0.3 is 4.98 Å². The van der Waals surface area contributed by atoms with E-state index in [1.54, 1.807) is 0 Å². The van der Waals surface area contributed by atoms with Crippen LogP contribution in [0.15, 0.2) is 30.5 Å². The van der Waals surface area contributed by atoms with E-state index in [1.807, 2.05) is 36.5 Å². The Morgan fingerprint density at radius 3 is 2.94 bits per heavy atom. The standard InChI is InChI=1S/C11H7N5/c12-5-10-11(15-16-14-10)8-6-13-9-4-2-1-3-7(8)9/h1-4,6,13H,(H,14,15,16). The predicted molar refractivity (Wildman–Crippen MR) is 58.4 cm³/mol. The zero-order valence-electron chi connectivity index (χ0n) is 8.23. The highest BCUT2D eigenvalue weighted by Crippen LogP contribution is 2.27. The molecule has 2 N–H and O–H groups in total. The summed E-state index contributed by atoms with van der Waals surface area (Å²) in [6.45, 7) is 0. The van der Waals surface area contributed by atoms with Gasteiger partial charge in [0.2, 0.25) is 0 Å². The molecule has 3 rings (SSSR count). The Labute approximate surface area is 90.7 Å². The molecule has 0 saturated carbocycles. The minimum atomic E-state index is 0.310. The second-order valence-corrected chi connectivity index (χ2v) is 3.38. The van der Waals surface area contributed by atoms with Crippen molar-refractivity contribution in [2.45, 2.75) is 0 Å². The van der Waals surface area contributed by atoms with Crippen LogP contribution in [0.5, 0.6) is 0 Å². The number of H-pyrrole nitrogens is 2. The Balaban J connectivity index is 2.31. The quantitative estimate of drug-likeness (QED) is 0.641. The van der Waals surface area contributed by atoms with E-state index in [0.717, 1.165) is 16.5 Å². The summed E-state index contributed by atoms with van der Waals surface area (Å²) in [5.41, 5.74) is 2.80. The van der Waals surface area contributed by atoms with Crippen LogP contribution in [0.4, 0.5) is 0 Å². The van der Waals surface area contributed by atoms with E-state index in [9.17, 15) is 0 Å². The Morgan fingerprint density at radius 2 is 2.06 bits per heavy atom. The summed E-state index contributed by atoms with van der Waals surface area (Å²) in [7, 11) is 0. The lowest BCUT2D eigenvalue weighted by Gasteiger charge is -1.93. The van der Waals surface area contributed by atoms with E-state index in [4.69, 9.17) is 5.26 Å². The van der Waals surface area contributed by atoms with Crippen LogP contribution in [0.25, 0.3) is 22.2 Å². The third-order valence-corrected chi connectivity index (χ3v) is 2.50. The number of aromatic amines is 2. The average molecular weight is 209 g/mol. The first-order valence-electron chi connectivity index (χ1n) is 4.77. The first-order chi connectivity index (χ1) is 7.90. The molecule has 0 amide bonds. The largest absolute Gasteiger partial charge is 0.360 e. The molecule has 5 nitrogen and oxygen atoms in total. The number of fused-ring (bicyclic) bond motifs is 1. The molecule has 0 radical (unpaired) electrons. The predicted octanol–water partition coefficient (Wildman–Crippen LogP) is 1.82. The molecular weight excluding hydrogens is 202 g/mol. The van der Waals surface area contributed by atoms with Crippen LogP contribution in [0.3, 0.4) is 0 Å². The molecule has 16 heavy (non-hydrogen) atoms. The van der Waals surface area contributed by atoms with E-state index in [-0.39, 0.29) is 0 Å².